The number of ether oxygens (including phenoxy) is 1. The molecular formula is C13H20OS. The van der Waals surface area contributed by atoms with Gasteiger partial charge in [-0.15, -0.1) is 0 Å². The Hall–Kier alpha value is -0.630. The van der Waals surface area contributed by atoms with E-state index in [1.807, 2.05) is 11.8 Å². The zero-order valence-corrected chi connectivity index (χ0v) is 10.7. The van der Waals surface area contributed by atoms with Crippen LogP contribution < -0.4 is 4.74 Å². The minimum atomic E-state index is 0.838. The van der Waals surface area contributed by atoms with Gasteiger partial charge in [0.15, 0.2) is 0 Å². The summed E-state index contributed by atoms with van der Waals surface area (Å²) in [6, 6.07) is 6.33. The summed E-state index contributed by atoms with van der Waals surface area (Å²) in [6.45, 7) is 5.05. The maximum atomic E-state index is 5.73. The van der Waals surface area contributed by atoms with Crippen LogP contribution in [0.15, 0.2) is 18.2 Å². The van der Waals surface area contributed by atoms with Crippen molar-refractivity contribution in [3.63, 3.8) is 0 Å². The molecule has 0 heterocycles. The Morgan fingerprint density at radius 2 is 2.00 bits per heavy atom. The first kappa shape index (κ1) is 12.4. The number of aryl methyl sites for hydroxylation is 2. The van der Waals surface area contributed by atoms with Crippen LogP contribution in [0.2, 0.25) is 0 Å². The van der Waals surface area contributed by atoms with Crippen molar-refractivity contribution in [1.82, 2.24) is 0 Å². The summed E-state index contributed by atoms with van der Waals surface area (Å²) in [4.78, 5) is 0. The molecule has 2 heteroatoms. The van der Waals surface area contributed by atoms with E-state index < -0.39 is 0 Å². The molecule has 0 aliphatic carbocycles. The monoisotopic (exact) mass is 224 g/mol. The minimum absolute atomic E-state index is 0.838. The Morgan fingerprint density at radius 3 is 2.67 bits per heavy atom. The standard InChI is InChI=1S/C13H20OS/c1-11-6-7-13(12(2)10-11)14-8-4-5-9-15-3/h6-7,10H,4-5,8-9H2,1-3H3. The van der Waals surface area contributed by atoms with Gasteiger partial charge in [-0.25, -0.2) is 0 Å². The molecule has 0 bridgehead atoms. The lowest BCUT2D eigenvalue weighted by Crippen LogP contribution is -1.99. The van der Waals surface area contributed by atoms with Crippen LogP contribution in [0.3, 0.4) is 0 Å². The average molecular weight is 224 g/mol. The second kappa shape index (κ2) is 6.78. The molecule has 0 amide bonds. The summed E-state index contributed by atoms with van der Waals surface area (Å²) >= 11 is 1.90. The van der Waals surface area contributed by atoms with Gasteiger partial charge in [-0.1, -0.05) is 17.7 Å². The van der Waals surface area contributed by atoms with E-state index in [1.54, 1.807) is 0 Å². The molecule has 1 aromatic carbocycles. The fraction of sp³-hybridized carbons (Fsp3) is 0.538. The molecule has 0 saturated heterocycles. The highest BCUT2D eigenvalue weighted by molar-refractivity contribution is 7.98. The summed E-state index contributed by atoms with van der Waals surface area (Å²) in [7, 11) is 0. The highest BCUT2D eigenvalue weighted by atomic mass is 32.2. The van der Waals surface area contributed by atoms with Crippen LogP contribution in [-0.4, -0.2) is 18.6 Å². The van der Waals surface area contributed by atoms with Crippen molar-refractivity contribution < 1.29 is 4.74 Å². The Kier molecular flexibility index (Phi) is 5.62. The van der Waals surface area contributed by atoms with E-state index in [0.717, 1.165) is 18.8 Å². The van der Waals surface area contributed by atoms with Crippen LogP contribution in [0.5, 0.6) is 5.75 Å². The summed E-state index contributed by atoms with van der Waals surface area (Å²) in [5.41, 5.74) is 2.53. The fourth-order valence-corrected chi connectivity index (χ4v) is 1.98. The molecule has 0 aliphatic rings. The number of hydrogen-bond acceptors (Lipinski definition) is 2. The first-order chi connectivity index (χ1) is 7.24. The number of hydrogen-bond donors (Lipinski definition) is 0. The van der Waals surface area contributed by atoms with Gasteiger partial charge in [0.25, 0.3) is 0 Å². The molecule has 0 spiro atoms. The van der Waals surface area contributed by atoms with Crippen molar-refractivity contribution in [2.75, 3.05) is 18.6 Å². The van der Waals surface area contributed by atoms with Gasteiger partial charge < -0.3 is 4.74 Å². The van der Waals surface area contributed by atoms with E-state index in [4.69, 9.17) is 4.74 Å². The Balaban J connectivity index is 2.31. The lowest BCUT2D eigenvalue weighted by molar-refractivity contribution is 0.308. The Labute approximate surface area is 97.2 Å². The number of unbranched alkanes of at least 4 members (excludes halogenated alkanes) is 1. The molecule has 0 fully saturated rings. The van der Waals surface area contributed by atoms with Gasteiger partial charge in [0, 0.05) is 0 Å². The largest absolute Gasteiger partial charge is 0.493 e. The predicted molar refractivity (Wildman–Crippen MR) is 69.0 cm³/mol. The van der Waals surface area contributed by atoms with Gasteiger partial charge in [0.05, 0.1) is 6.61 Å². The maximum absolute atomic E-state index is 5.73. The molecule has 15 heavy (non-hydrogen) atoms. The summed E-state index contributed by atoms with van der Waals surface area (Å²) < 4.78 is 5.73. The van der Waals surface area contributed by atoms with E-state index in [2.05, 4.69) is 38.3 Å². The zero-order chi connectivity index (χ0) is 11.1. The van der Waals surface area contributed by atoms with Crippen molar-refractivity contribution in [2.24, 2.45) is 0 Å². The van der Waals surface area contributed by atoms with Crippen molar-refractivity contribution >= 4 is 11.8 Å². The molecule has 0 aromatic heterocycles. The van der Waals surface area contributed by atoms with Crippen LogP contribution in [0.4, 0.5) is 0 Å². The predicted octanol–water partition coefficient (Wildman–Crippen LogP) is 3.83. The van der Waals surface area contributed by atoms with Crippen molar-refractivity contribution in [1.29, 1.82) is 0 Å². The first-order valence-corrected chi connectivity index (χ1v) is 6.82. The molecular weight excluding hydrogens is 204 g/mol. The molecule has 0 radical (unpaired) electrons. The van der Waals surface area contributed by atoms with Gasteiger partial charge in [0.2, 0.25) is 0 Å². The maximum Gasteiger partial charge on any atom is 0.122 e. The molecule has 0 atom stereocenters. The average Bonchev–Trinajstić information content (AvgIpc) is 2.20. The molecule has 84 valence electrons. The lowest BCUT2D eigenvalue weighted by Gasteiger charge is -2.09. The smallest absolute Gasteiger partial charge is 0.122 e. The van der Waals surface area contributed by atoms with Crippen molar-refractivity contribution in [3.05, 3.63) is 29.3 Å². The molecule has 1 aromatic rings. The van der Waals surface area contributed by atoms with Crippen LogP contribution in [0.1, 0.15) is 24.0 Å². The third kappa shape index (κ3) is 4.61. The summed E-state index contributed by atoms with van der Waals surface area (Å²) in [5, 5.41) is 0. The van der Waals surface area contributed by atoms with Gasteiger partial charge in [-0.2, -0.15) is 11.8 Å². The van der Waals surface area contributed by atoms with Crippen molar-refractivity contribution in [2.45, 2.75) is 26.7 Å². The van der Waals surface area contributed by atoms with E-state index in [0.29, 0.717) is 0 Å². The van der Waals surface area contributed by atoms with Crippen molar-refractivity contribution in [3.8, 4) is 5.75 Å². The normalized spacial score (nSPS) is 10.3. The quantitative estimate of drug-likeness (QED) is 0.679. The van der Waals surface area contributed by atoms with Crippen LogP contribution in [0.25, 0.3) is 0 Å². The van der Waals surface area contributed by atoms with Gasteiger partial charge in [0.1, 0.15) is 5.75 Å². The van der Waals surface area contributed by atoms with Crippen LogP contribution in [0, 0.1) is 13.8 Å². The van der Waals surface area contributed by atoms with E-state index >= 15 is 0 Å². The second-order valence-corrected chi connectivity index (χ2v) is 4.80. The highest BCUT2D eigenvalue weighted by Gasteiger charge is 1.98. The highest BCUT2D eigenvalue weighted by Crippen LogP contribution is 2.18. The fourth-order valence-electron chi connectivity index (χ4n) is 1.49. The first-order valence-electron chi connectivity index (χ1n) is 5.43. The Bertz CT molecular complexity index is 297. The molecule has 0 unspecified atom stereocenters. The SMILES string of the molecule is CSCCCCOc1ccc(C)cc1C. The Morgan fingerprint density at radius 1 is 1.20 bits per heavy atom. The van der Waals surface area contributed by atoms with E-state index in [-0.39, 0.29) is 0 Å². The van der Waals surface area contributed by atoms with Gasteiger partial charge in [-0.05, 0) is 50.3 Å². The van der Waals surface area contributed by atoms with Crippen LogP contribution >= 0.6 is 11.8 Å². The number of benzene rings is 1. The van der Waals surface area contributed by atoms with E-state index in [1.165, 1.54) is 23.3 Å². The zero-order valence-electron chi connectivity index (χ0n) is 9.88. The molecule has 0 N–H and O–H groups in total. The molecule has 0 saturated carbocycles. The second-order valence-electron chi connectivity index (χ2n) is 3.82. The van der Waals surface area contributed by atoms with Gasteiger partial charge >= 0.3 is 0 Å². The lowest BCUT2D eigenvalue weighted by atomic mass is 10.1. The summed E-state index contributed by atoms with van der Waals surface area (Å²) in [5.74, 6) is 2.26. The molecule has 0 aliphatic heterocycles. The minimum Gasteiger partial charge on any atom is -0.493 e. The summed E-state index contributed by atoms with van der Waals surface area (Å²) in [6.07, 6.45) is 4.53. The molecule has 1 rings (SSSR count). The third-order valence-electron chi connectivity index (χ3n) is 2.33. The van der Waals surface area contributed by atoms with Gasteiger partial charge in [-0.3, -0.25) is 0 Å². The molecule has 1 nitrogen and oxygen atoms in total. The topological polar surface area (TPSA) is 9.23 Å². The van der Waals surface area contributed by atoms with Crippen LogP contribution in [-0.2, 0) is 0 Å². The third-order valence-corrected chi connectivity index (χ3v) is 3.03. The van der Waals surface area contributed by atoms with E-state index in [9.17, 15) is 0 Å². The number of thioether (sulfide) groups is 1. The number of rotatable bonds is 6.